The molecule has 3 N–H and O–H groups in total. The van der Waals surface area contributed by atoms with Crippen LogP contribution in [0.5, 0.6) is 0 Å². The lowest BCUT2D eigenvalue weighted by atomic mass is 9.82. The number of nitrogens with two attached hydrogens (primary N) is 1. The number of amides is 1. The molecule has 1 amide bonds. The van der Waals surface area contributed by atoms with E-state index in [2.05, 4.69) is 12.2 Å². The van der Waals surface area contributed by atoms with Gasteiger partial charge in [0.1, 0.15) is 0 Å². The van der Waals surface area contributed by atoms with Crippen LogP contribution in [0.3, 0.4) is 0 Å². The van der Waals surface area contributed by atoms with Crippen molar-refractivity contribution in [1.82, 2.24) is 5.32 Å². The summed E-state index contributed by atoms with van der Waals surface area (Å²) in [6.07, 6.45) is 2.22. The zero-order valence-corrected chi connectivity index (χ0v) is 11.4. The van der Waals surface area contributed by atoms with Crippen molar-refractivity contribution in [2.75, 3.05) is 19.8 Å². The van der Waals surface area contributed by atoms with Gasteiger partial charge in [0, 0.05) is 31.9 Å². The highest BCUT2D eigenvalue weighted by atomic mass is 16.5. The molecule has 1 aliphatic rings. The Kier molecular flexibility index (Phi) is 4.56. The van der Waals surface area contributed by atoms with Crippen LogP contribution in [0.2, 0.25) is 0 Å². The fourth-order valence-electron chi connectivity index (χ4n) is 2.34. The Morgan fingerprint density at radius 1 is 1.32 bits per heavy atom. The topological polar surface area (TPSA) is 64.3 Å². The quantitative estimate of drug-likeness (QED) is 0.848. The summed E-state index contributed by atoms with van der Waals surface area (Å²) in [4.78, 5) is 11.0. The highest BCUT2D eigenvalue weighted by Crippen LogP contribution is 2.28. The molecule has 4 nitrogen and oxygen atoms in total. The van der Waals surface area contributed by atoms with Gasteiger partial charge in [-0.1, -0.05) is 19.1 Å². The third-order valence-corrected chi connectivity index (χ3v) is 3.82. The van der Waals surface area contributed by atoms with Crippen LogP contribution in [0.4, 0.5) is 0 Å². The summed E-state index contributed by atoms with van der Waals surface area (Å²) in [6, 6.07) is 7.43. The molecule has 0 saturated carbocycles. The number of carbonyl (C=O) groups excluding carboxylic acids is 1. The van der Waals surface area contributed by atoms with Gasteiger partial charge >= 0.3 is 0 Å². The lowest BCUT2D eigenvalue weighted by molar-refractivity contribution is 0.0240. The highest BCUT2D eigenvalue weighted by molar-refractivity contribution is 5.92. The Hall–Kier alpha value is -1.39. The van der Waals surface area contributed by atoms with Crippen molar-refractivity contribution in [2.24, 2.45) is 11.1 Å². The summed E-state index contributed by atoms with van der Waals surface area (Å²) in [5.74, 6) is -0.380. The van der Waals surface area contributed by atoms with Crippen molar-refractivity contribution in [3.05, 3.63) is 35.4 Å². The fourth-order valence-corrected chi connectivity index (χ4v) is 2.34. The second kappa shape index (κ2) is 6.17. The molecule has 0 spiro atoms. The summed E-state index contributed by atoms with van der Waals surface area (Å²) >= 11 is 0. The standard InChI is InChI=1S/C15H22N2O2/c1-15(6-8-19-9-7-15)11-17-10-12-2-4-13(5-3-12)14(16)18/h2-5,17H,6-11H2,1H3,(H2,16,18). The molecule has 0 unspecified atom stereocenters. The fraction of sp³-hybridized carbons (Fsp3) is 0.533. The lowest BCUT2D eigenvalue weighted by Crippen LogP contribution is -2.36. The van der Waals surface area contributed by atoms with Crippen LogP contribution in [0, 0.1) is 5.41 Å². The van der Waals surface area contributed by atoms with E-state index in [-0.39, 0.29) is 5.91 Å². The molecule has 0 aromatic heterocycles. The first-order valence-corrected chi connectivity index (χ1v) is 6.76. The van der Waals surface area contributed by atoms with Crippen LogP contribution in [0.1, 0.15) is 35.7 Å². The molecule has 1 aromatic carbocycles. The van der Waals surface area contributed by atoms with E-state index in [1.54, 1.807) is 12.1 Å². The molecule has 0 radical (unpaired) electrons. The summed E-state index contributed by atoms with van der Waals surface area (Å²) in [5, 5.41) is 3.49. The van der Waals surface area contributed by atoms with Gasteiger partial charge in [-0.2, -0.15) is 0 Å². The Bertz CT molecular complexity index is 422. The predicted octanol–water partition coefficient (Wildman–Crippen LogP) is 1.69. The molecule has 1 aliphatic heterocycles. The third kappa shape index (κ3) is 4.04. The molecule has 1 heterocycles. The molecule has 1 aromatic rings. The van der Waals surface area contributed by atoms with E-state index < -0.39 is 0 Å². The molecule has 0 atom stereocenters. The number of hydrogen-bond acceptors (Lipinski definition) is 3. The van der Waals surface area contributed by atoms with Crippen LogP contribution >= 0.6 is 0 Å². The van der Waals surface area contributed by atoms with Gasteiger partial charge in [0.25, 0.3) is 0 Å². The maximum atomic E-state index is 11.0. The van der Waals surface area contributed by atoms with Gasteiger partial charge in [0.05, 0.1) is 0 Å². The van der Waals surface area contributed by atoms with E-state index in [0.717, 1.165) is 39.1 Å². The molecular weight excluding hydrogens is 240 g/mol. The second-order valence-electron chi connectivity index (χ2n) is 5.59. The van der Waals surface area contributed by atoms with E-state index in [1.807, 2.05) is 12.1 Å². The molecule has 0 aliphatic carbocycles. The largest absolute Gasteiger partial charge is 0.381 e. The zero-order valence-electron chi connectivity index (χ0n) is 11.4. The molecule has 1 saturated heterocycles. The predicted molar refractivity (Wildman–Crippen MR) is 74.8 cm³/mol. The van der Waals surface area contributed by atoms with E-state index in [9.17, 15) is 4.79 Å². The highest BCUT2D eigenvalue weighted by Gasteiger charge is 2.26. The van der Waals surface area contributed by atoms with E-state index in [1.165, 1.54) is 5.56 Å². The minimum Gasteiger partial charge on any atom is -0.381 e. The minimum absolute atomic E-state index is 0.339. The van der Waals surface area contributed by atoms with Crippen molar-refractivity contribution in [3.63, 3.8) is 0 Å². The zero-order chi connectivity index (χ0) is 13.7. The van der Waals surface area contributed by atoms with Crippen molar-refractivity contribution in [3.8, 4) is 0 Å². The molecule has 19 heavy (non-hydrogen) atoms. The number of carbonyl (C=O) groups is 1. The summed E-state index contributed by atoms with van der Waals surface area (Å²) in [6.45, 7) is 5.85. The number of hydrogen-bond donors (Lipinski definition) is 2. The van der Waals surface area contributed by atoms with Crippen molar-refractivity contribution in [2.45, 2.75) is 26.3 Å². The smallest absolute Gasteiger partial charge is 0.248 e. The SMILES string of the molecule is CC1(CNCc2ccc(C(N)=O)cc2)CCOCC1. The van der Waals surface area contributed by atoms with E-state index in [4.69, 9.17) is 10.5 Å². The number of primary amides is 1. The van der Waals surface area contributed by atoms with E-state index >= 15 is 0 Å². The summed E-state index contributed by atoms with van der Waals surface area (Å²) in [5.41, 5.74) is 7.27. The van der Waals surface area contributed by atoms with Gasteiger partial charge in [0.2, 0.25) is 5.91 Å². The monoisotopic (exact) mass is 262 g/mol. The second-order valence-corrected chi connectivity index (χ2v) is 5.59. The molecule has 0 bridgehead atoms. The normalized spacial score (nSPS) is 18.2. The number of nitrogens with one attached hydrogen (secondary N) is 1. The Balaban J connectivity index is 1.80. The van der Waals surface area contributed by atoms with Crippen LogP contribution in [-0.4, -0.2) is 25.7 Å². The van der Waals surface area contributed by atoms with Gasteiger partial charge in [-0.25, -0.2) is 0 Å². The first-order valence-electron chi connectivity index (χ1n) is 6.76. The molecule has 104 valence electrons. The average molecular weight is 262 g/mol. The van der Waals surface area contributed by atoms with Crippen LogP contribution in [0.25, 0.3) is 0 Å². The summed E-state index contributed by atoms with van der Waals surface area (Å²) < 4.78 is 5.39. The van der Waals surface area contributed by atoms with E-state index in [0.29, 0.717) is 11.0 Å². The molecule has 1 fully saturated rings. The Labute approximate surface area is 114 Å². The number of benzene rings is 1. The van der Waals surface area contributed by atoms with Crippen molar-refractivity contribution >= 4 is 5.91 Å². The maximum Gasteiger partial charge on any atom is 0.248 e. The Morgan fingerprint density at radius 3 is 2.53 bits per heavy atom. The first kappa shape index (κ1) is 14.0. The maximum absolute atomic E-state index is 11.0. The van der Waals surface area contributed by atoms with Crippen molar-refractivity contribution < 1.29 is 9.53 Å². The summed E-state index contributed by atoms with van der Waals surface area (Å²) in [7, 11) is 0. The lowest BCUT2D eigenvalue weighted by Gasteiger charge is -2.33. The van der Waals surface area contributed by atoms with Gasteiger partial charge in [0.15, 0.2) is 0 Å². The first-order chi connectivity index (χ1) is 9.09. The molecular formula is C15H22N2O2. The van der Waals surface area contributed by atoms with Crippen LogP contribution in [0.15, 0.2) is 24.3 Å². The van der Waals surface area contributed by atoms with Crippen molar-refractivity contribution in [1.29, 1.82) is 0 Å². The number of ether oxygens (including phenoxy) is 1. The van der Waals surface area contributed by atoms with Gasteiger partial charge in [-0.05, 0) is 36.0 Å². The van der Waals surface area contributed by atoms with Gasteiger partial charge < -0.3 is 15.8 Å². The molecule has 2 rings (SSSR count). The van der Waals surface area contributed by atoms with Gasteiger partial charge in [-0.3, -0.25) is 4.79 Å². The van der Waals surface area contributed by atoms with Gasteiger partial charge in [-0.15, -0.1) is 0 Å². The number of rotatable bonds is 5. The van der Waals surface area contributed by atoms with Crippen LogP contribution in [-0.2, 0) is 11.3 Å². The minimum atomic E-state index is -0.380. The van der Waals surface area contributed by atoms with Crippen LogP contribution < -0.4 is 11.1 Å². The molecule has 4 heteroatoms. The third-order valence-electron chi connectivity index (χ3n) is 3.82. The average Bonchev–Trinajstić information content (AvgIpc) is 2.40. The Morgan fingerprint density at radius 2 is 1.95 bits per heavy atom.